The molecule has 0 bridgehead atoms. The van der Waals surface area contributed by atoms with E-state index in [-0.39, 0.29) is 23.3 Å². The Morgan fingerprint density at radius 2 is 1.92 bits per heavy atom. The molecule has 3 rings (SSSR count). The molecule has 24 heavy (non-hydrogen) atoms. The highest BCUT2D eigenvalue weighted by atomic mass is 35.5. The molecule has 1 aliphatic carbocycles. The van der Waals surface area contributed by atoms with Crippen molar-refractivity contribution in [1.82, 2.24) is 5.32 Å². The van der Waals surface area contributed by atoms with Crippen molar-refractivity contribution in [3.63, 3.8) is 0 Å². The van der Waals surface area contributed by atoms with Gasteiger partial charge in [-0.25, -0.2) is 0 Å². The molecular weight excluding hydrogens is 320 g/mol. The number of nitrogens with two attached hydrogens (primary N) is 1. The van der Waals surface area contributed by atoms with Crippen molar-refractivity contribution < 1.29 is 4.79 Å². The van der Waals surface area contributed by atoms with E-state index in [0.717, 1.165) is 23.4 Å². The summed E-state index contributed by atoms with van der Waals surface area (Å²) in [7, 11) is 0. The number of amides is 1. The maximum atomic E-state index is 12.5. The van der Waals surface area contributed by atoms with Gasteiger partial charge in [0.15, 0.2) is 0 Å². The summed E-state index contributed by atoms with van der Waals surface area (Å²) >= 11 is 6.10. The predicted molar refractivity (Wildman–Crippen MR) is 97.9 cm³/mol. The van der Waals surface area contributed by atoms with E-state index in [2.05, 4.69) is 11.4 Å². The van der Waals surface area contributed by atoms with Gasteiger partial charge in [-0.3, -0.25) is 4.79 Å². The summed E-state index contributed by atoms with van der Waals surface area (Å²) in [6, 6.07) is 17.4. The Morgan fingerprint density at radius 1 is 1.21 bits per heavy atom. The highest BCUT2D eigenvalue weighted by molar-refractivity contribution is 6.30. The number of carbonyl (C=O) groups is 1. The van der Waals surface area contributed by atoms with Crippen LogP contribution >= 0.6 is 11.6 Å². The van der Waals surface area contributed by atoms with E-state index in [0.29, 0.717) is 6.54 Å². The van der Waals surface area contributed by atoms with Gasteiger partial charge < -0.3 is 11.1 Å². The van der Waals surface area contributed by atoms with E-state index in [9.17, 15) is 4.79 Å². The normalized spacial score (nSPS) is 17.8. The van der Waals surface area contributed by atoms with Crippen LogP contribution < -0.4 is 11.1 Å². The topological polar surface area (TPSA) is 55.1 Å². The molecule has 0 aliphatic heterocycles. The SMILES string of the molecule is CC(C(=O)NCC1(c2cccc(Cl)c2)CC1)C(N)c1ccccc1. The molecule has 2 atom stereocenters. The zero-order valence-electron chi connectivity index (χ0n) is 13.8. The van der Waals surface area contributed by atoms with Crippen LogP contribution in [0.4, 0.5) is 0 Å². The Kier molecular flexibility index (Phi) is 4.93. The number of rotatable bonds is 6. The maximum absolute atomic E-state index is 12.5. The molecule has 126 valence electrons. The molecule has 3 N–H and O–H groups in total. The molecule has 0 radical (unpaired) electrons. The number of carbonyl (C=O) groups excluding carboxylic acids is 1. The van der Waals surface area contributed by atoms with Crippen molar-refractivity contribution in [3.05, 3.63) is 70.7 Å². The summed E-state index contributed by atoms with van der Waals surface area (Å²) in [4.78, 5) is 12.5. The fourth-order valence-corrected chi connectivity index (χ4v) is 3.27. The van der Waals surface area contributed by atoms with Crippen LogP contribution in [0, 0.1) is 5.92 Å². The van der Waals surface area contributed by atoms with Crippen LogP contribution in [0.3, 0.4) is 0 Å². The van der Waals surface area contributed by atoms with Crippen LogP contribution in [0.5, 0.6) is 0 Å². The van der Waals surface area contributed by atoms with Crippen molar-refractivity contribution in [2.75, 3.05) is 6.54 Å². The molecule has 0 spiro atoms. The molecule has 0 aromatic heterocycles. The lowest BCUT2D eigenvalue weighted by molar-refractivity contribution is -0.125. The van der Waals surface area contributed by atoms with Crippen LogP contribution in [0.25, 0.3) is 0 Å². The molecule has 4 heteroatoms. The van der Waals surface area contributed by atoms with Crippen molar-refractivity contribution >= 4 is 17.5 Å². The molecule has 2 aromatic rings. The van der Waals surface area contributed by atoms with E-state index in [1.165, 1.54) is 5.56 Å². The zero-order valence-corrected chi connectivity index (χ0v) is 14.6. The van der Waals surface area contributed by atoms with Gasteiger partial charge in [-0.05, 0) is 36.1 Å². The van der Waals surface area contributed by atoms with Gasteiger partial charge in [-0.15, -0.1) is 0 Å². The molecule has 1 fully saturated rings. The number of hydrogen-bond acceptors (Lipinski definition) is 2. The summed E-state index contributed by atoms with van der Waals surface area (Å²) < 4.78 is 0. The Morgan fingerprint density at radius 3 is 2.54 bits per heavy atom. The van der Waals surface area contributed by atoms with Gasteiger partial charge in [0.05, 0.1) is 5.92 Å². The second-order valence-corrected chi connectivity index (χ2v) is 7.17. The first-order chi connectivity index (χ1) is 11.5. The quantitative estimate of drug-likeness (QED) is 0.838. The molecule has 0 saturated heterocycles. The van der Waals surface area contributed by atoms with Crippen molar-refractivity contribution in [2.24, 2.45) is 11.7 Å². The minimum atomic E-state index is -0.299. The van der Waals surface area contributed by atoms with E-state index in [1.54, 1.807) is 0 Å². The largest absolute Gasteiger partial charge is 0.355 e. The molecule has 2 aromatic carbocycles. The third kappa shape index (κ3) is 3.63. The van der Waals surface area contributed by atoms with Gasteiger partial charge in [0.2, 0.25) is 5.91 Å². The Labute approximate surface area is 148 Å². The second-order valence-electron chi connectivity index (χ2n) is 6.73. The first kappa shape index (κ1) is 17.0. The maximum Gasteiger partial charge on any atom is 0.224 e. The average molecular weight is 343 g/mol. The molecule has 1 saturated carbocycles. The summed E-state index contributed by atoms with van der Waals surface area (Å²) in [5.74, 6) is -0.276. The summed E-state index contributed by atoms with van der Waals surface area (Å²) in [5, 5.41) is 3.83. The first-order valence-electron chi connectivity index (χ1n) is 8.36. The van der Waals surface area contributed by atoms with Gasteiger partial charge in [0, 0.05) is 23.0 Å². The lowest BCUT2D eigenvalue weighted by atomic mass is 9.93. The summed E-state index contributed by atoms with van der Waals surface area (Å²) in [6.45, 7) is 2.52. The van der Waals surface area contributed by atoms with Gasteiger partial charge >= 0.3 is 0 Å². The van der Waals surface area contributed by atoms with E-state index >= 15 is 0 Å². The van der Waals surface area contributed by atoms with E-state index in [4.69, 9.17) is 17.3 Å². The van der Waals surface area contributed by atoms with Crippen LogP contribution in [0.2, 0.25) is 5.02 Å². The van der Waals surface area contributed by atoms with Gasteiger partial charge in [0.25, 0.3) is 0 Å². The van der Waals surface area contributed by atoms with Gasteiger partial charge in [-0.1, -0.05) is 61.0 Å². The van der Waals surface area contributed by atoms with E-state index in [1.807, 2.05) is 55.5 Å². The van der Waals surface area contributed by atoms with Crippen LogP contribution in [0.1, 0.15) is 36.9 Å². The molecule has 3 nitrogen and oxygen atoms in total. The van der Waals surface area contributed by atoms with Gasteiger partial charge in [0.1, 0.15) is 0 Å². The predicted octanol–water partition coefficient (Wildman–Crippen LogP) is 3.82. The van der Waals surface area contributed by atoms with Crippen molar-refractivity contribution in [2.45, 2.75) is 31.2 Å². The smallest absolute Gasteiger partial charge is 0.224 e. The summed E-state index contributed by atoms with van der Waals surface area (Å²) in [5.41, 5.74) is 8.47. The van der Waals surface area contributed by atoms with Crippen molar-refractivity contribution in [3.8, 4) is 0 Å². The lowest BCUT2D eigenvalue weighted by Crippen LogP contribution is -2.39. The second kappa shape index (κ2) is 6.96. The Balaban J connectivity index is 1.61. The standard InChI is InChI=1S/C20H23ClN2O/c1-14(18(22)15-6-3-2-4-7-15)19(24)23-13-20(10-11-20)16-8-5-9-17(21)12-16/h2-9,12,14,18H,10-11,13,22H2,1H3,(H,23,24). The lowest BCUT2D eigenvalue weighted by Gasteiger charge is -2.22. The third-order valence-electron chi connectivity index (χ3n) is 5.03. The Hall–Kier alpha value is -1.84. The number of nitrogens with one attached hydrogen (secondary N) is 1. The number of hydrogen-bond donors (Lipinski definition) is 2. The average Bonchev–Trinajstić information content (AvgIpc) is 3.40. The fourth-order valence-electron chi connectivity index (χ4n) is 3.08. The summed E-state index contributed by atoms with van der Waals surface area (Å²) in [6.07, 6.45) is 2.15. The van der Waals surface area contributed by atoms with Crippen LogP contribution in [-0.2, 0) is 10.2 Å². The molecular formula is C20H23ClN2O. The molecule has 1 aliphatic rings. The monoisotopic (exact) mass is 342 g/mol. The third-order valence-corrected chi connectivity index (χ3v) is 5.26. The number of halogens is 1. The fraction of sp³-hybridized carbons (Fsp3) is 0.350. The van der Waals surface area contributed by atoms with E-state index < -0.39 is 0 Å². The molecule has 1 amide bonds. The first-order valence-corrected chi connectivity index (χ1v) is 8.74. The molecule has 0 heterocycles. The highest BCUT2D eigenvalue weighted by Gasteiger charge is 2.44. The number of benzene rings is 2. The van der Waals surface area contributed by atoms with Gasteiger partial charge in [-0.2, -0.15) is 0 Å². The molecule has 2 unspecified atom stereocenters. The highest BCUT2D eigenvalue weighted by Crippen LogP contribution is 2.48. The minimum absolute atomic E-state index is 0.000318. The van der Waals surface area contributed by atoms with Crippen LogP contribution in [0.15, 0.2) is 54.6 Å². The Bertz CT molecular complexity index is 713. The van der Waals surface area contributed by atoms with Crippen LogP contribution in [-0.4, -0.2) is 12.5 Å². The minimum Gasteiger partial charge on any atom is -0.355 e. The van der Waals surface area contributed by atoms with Crippen molar-refractivity contribution in [1.29, 1.82) is 0 Å². The zero-order chi connectivity index (χ0) is 17.2.